The monoisotopic (exact) mass is 304 g/mol. The molecule has 0 spiro atoms. The van der Waals surface area contributed by atoms with Crippen molar-refractivity contribution in [1.29, 1.82) is 0 Å². The molecule has 0 fully saturated rings. The summed E-state index contributed by atoms with van der Waals surface area (Å²) in [5, 5.41) is 0. The Hall–Kier alpha value is -0.780. The number of rotatable bonds is 16. The topological polar surface area (TPSA) is 0 Å². The first-order valence-electron chi connectivity index (χ1n) is 9.86. The van der Waals surface area contributed by atoms with E-state index >= 15 is 0 Å². The smallest absolute Gasteiger partial charge is 0.0316 e. The summed E-state index contributed by atoms with van der Waals surface area (Å²) in [4.78, 5) is 0. The lowest BCUT2D eigenvalue weighted by atomic mass is 10.1. The van der Waals surface area contributed by atoms with Gasteiger partial charge in [0.15, 0.2) is 0 Å². The van der Waals surface area contributed by atoms with Crippen LogP contribution in [0.15, 0.2) is 36.5 Å². The zero-order chi connectivity index (χ0) is 16.1. The molecule has 0 bridgehead atoms. The molecular formula is C22H40. The summed E-state index contributed by atoms with van der Waals surface area (Å²) in [5.41, 5.74) is 0. The van der Waals surface area contributed by atoms with Crippen LogP contribution in [0.1, 0.15) is 104 Å². The minimum Gasteiger partial charge on any atom is -0.0885 e. The molecule has 0 heteroatoms. The normalized spacial score (nSPS) is 12.3. The maximum absolute atomic E-state index is 2.39. The van der Waals surface area contributed by atoms with Crippen LogP contribution in [0.3, 0.4) is 0 Å². The molecule has 0 aliphatic heterocycles. The van der Waals surface area contributed by atoms with Gasteiger partial charge in [-0.25, -0.2) is 0 Å². The van der Waals surface area contributed by atoms with Crippen molar-refractivity contribution in [3.63, 3.8) is 0 Å². The van der Waals surface area contributed by atoms with Gasteiger partial charge in [0.1, 0.15) is 0 Å². The molecule has 0 aromatic heterocycles. The van der Waals surface area contributed by atoms with Gasteiger partial charge in [-0.05, 0) is 51.4 Å². The van der Waals surface area contributed by atoms with Crippen molar-refractivity contribution < 1.29 is 0 Å². The van der Waals surface area contributed by atoms with Gasteiger partial charge >= 0.3 is 0 Å². The Bertz CT molecular complexity index is 270. The quantitative estimate of drug-likeness (QED) is 0.199. The van der Waals surface area contributed by atoms with Gasteiger partial charge in [-0.3, -0.25) is 0 Å². The van der Waals surface area contributed by atoms with Gasteiger partial charge in [0, 0.05) is 0 Å². The third-order valence-corrected chi connectivity index (χ3v) is 3.94. The minimum atomic E-state index is 1.20. The summed E-state index contributed by atoms with van der Waals surface area (Å²) in [6.45, 7) is 4.53. The van der Waals surface area contributed by atoms with Crippen LogP contribution < -0.4 is 0 Å². The summed E-state index contributed by atoms with van der Waals surface area (Å²) < 4.78 is 0. The molecule has 22 heavy (non-hydrogen) atoms. The molecule has 128 valence electrons. The first-order valence-corrected chi connectivity index (χ1v) is 9.86. The summed E-state index contributed by atoms with van der Waals surface area (Å²) in [5.74, 6) is 0. The molecule has 0 saturated heterocycles. The van der Waals surface area contributed by atoms with Crippen LogP contribution in [0.25, 0.3) is 0 Å². The molecule has 0 atom stereocenters. The molecule has 0 nitrogen and oxygen atoms in total. The summed E-state index contributed by atoms with van der Waals surface area (Å²) in [6, 6.07) is 0. The maximum Gasteiger partial charge on any atom is -0.0316 e. The van der Waals surface area contributed by atoms with Crippen LogP contribution in [0, 0.1) is 0 Å². The van der Waals surface area contributed by atoms with Gasteiger partial charge in [-0.1, -0.05) is 88.8 Å². The largest absolute Gasteiger partial charge is 0.0885 e. The van der Waals surface area contributed by atoms with Gasteiger partial charge in [0.05, 0.1) is 0 Å². The minimum absolute atomic E-state index is 1.20. The fourth-order valence-corrected chi connectivity index (χ4v) is 2.44. The van der Waals surface area contributed by atoms with Gasteiger partial charge in [0.2, 0.25) is 0 Å². The molecule has 0 aromatic carbocycles. The Kier molecular flexibility index (Phi) is 19.5. The van der Waals surface area contributed by atoms with Gasteiger partial charge in [0.25, 0.3) is 0 Å². The number of hydrogen-bond acceptors (Lipinski definition) is 0. The van der Waals surface area contributed by atoms with Crippen LogP contribution in [0.2, 0.25) is 0 Å². The molecule has 0 aromatic rings. The fourth-order valence-electron chi connectivity index (χ4n) is 2.44. The average Bonchev–Trinajstić information content (AvgIpc) is 2.54. The summed E-state index contributed by atoms with van der Waals surface area (Å²) >= 11 is 0. The maximum atomic E-state index is 2.39. The van der Waals surface area contributed by atoms with Crippen molar-refractivity contribution in [2.45, 2.75) is 104 Å². The van der Waals surface area contributed by atoms with Crippen LogP contribution in [0.4, 0.5) is 0 Å². The van der Waals surface area contributed by atoms with Crippen molar-refractivity contribution in [3.05, 3.63) is 36.5 Å². The van der Waals surface area contributed by atoms with E-state index in [0.717, 1.165) is 0 Å². The third-order valence-electron chi connectivity index (χ3n) is 3.94. The van der Waals surface area contributed by atoms with Crippen molar-refractivity contribution in [3.8, 4) is 0 Å². The predicted molar refractivity (Wildman–Crippen MR) is 103 cm³/mol. The molecule has 0 aliphatic carbocycles. The molecule has 0 unspecified atom stereocenters. The second kappa shape index (κ2) is 20.2. The highest BCUT2D eigenvalue weighted by Crippen LogP contribution is 2.06. The number of unbranched alkanes of at least 4 members (excludes halogenated alkanes) is 10. The first-order chi connectivity index (χ1) is 10.9. The lowest BCUT2D eigenvalue weighted by Crippen LogP contribution is -1.76. The Morgan fingerprint density at radius 2 is 0.773 bits per heavy atom. The van der Waals surface area contributed by atoms with E-state index in [4.69, 9.17) is 0 Å². The van der Waals surface area contributed by atoms with E-state index in [-0.39, 0.29) is 0 Å². The van der Waals surface area contributed by atoms with E-state index < -0.39 is 0 Å². The van der Waals surface area contributed by atoms with Gasteiger partial charge in [-0.15, -0.1) is 0 Å². The van der Waals surface area contributed by atoms with Crippen molar-refractivity contribution in [1.82, 2.24) is 0 Å². The lowest BCUT2D eigenvalue weighted by molar-refractivity contribution is 0.637. The summed E-state index contributed by atoms with van der Waals surface area (Å²) in [7, 11) is 0. The number of allylic oxidation sites excluding steroid dienone is 6. The Morgan fingerprint density at radius 1 is 0.364 bits per heavy atom. The Balaban J connectivity index is 3.21. The lowest BCUT2D eigenvalue weighted by Gasteiger charge is -1.96. The van der Waals surface area contributed by atoms with Gasteiger partial charge < -0.3 is 0 Å². The molecule has 0 amide bonds. The zero-order valence-corrected chi connectivity index (χ0v) is 15.4. The molecular weight excluding hydrogens is 264 g/mol. The third kappa shape index (κ3) is 19.2. The van der Waals surface area contributed by atoms with Crippen LogP contribution in [-0.4, -0.2) is 0 Å². The molecule has 0 rings (SSSR count). The highest BCUT2D eigenvalue weighted by atomic mass is 13.9. The average molecular weight is 305 g/mol. The zero-order valence-electron chi connectivity index (χ0n) is 15.4. The first kappa shape index (κ1) is 21.2. The van der Waals surface area contributed by atoms with Crippen LogP contribution >= 0.6 is 0 Å². The Labute approximate surface area is 140 Å². The summed E-state index contributed by atoms with van der Waals surface area (Å²) in [6.07, 6.45) is 32.5. The van der Waals surface area contributed by atoms with Gasteiger partial charge in [-0.2, -0.15) is 0 Å². The molecule has 0 aliphatic rings. The predicted octanol–water partition coefficient (Wildman–Crippen LogP) is 8.16. The van der Waals surface area contributed by atoms with Crippen molar-refractivity contribution in [2.24, 2.45) is 0 Å². The van der Waals surface area contributed by atoms with Crippen LogP contribution in [-0.2, 0) is 0 Å². The number of hydrogen-bond donors (Lipinski definition) is 0. The van der Waals surface area contributed by atoms with Crippen LogP contribution in [0.5, 0.6) is 0 Å². The SMILES string of the molecule is CCCCC=CCCC=CCCCC=CCCCCCCC. The molecule has 0 heterocycles. The molecule has 0 radical (unpaired) electrons. The highest BCUT2D eigenvalue weighted by Gasteiger charge is 1.86. The highest BCUT2D eigenvalue weighted by molar-refractivity contribution is 4.89. The van der Waals surface area contributed by atoms with E-state index in [1.165, 1.54) is 89.9 Å². The second-order valence-electron chi connectivity index (χ2n) is 6.27. The van der Waals surface area contributed by atoms with Crippen molar-refractivity contribution in [2.75, 3.05) is 0 Å². The molecule has 0 N–H and O–H groups in total. The van der Waals surface area contributed by atoms with E-state index in [1.807, 2.05) is 0 Å². The van der Waals surface area contributed by atoms with Crippen molar-refractivity contribution >= 4 is 0 Å². The molecule has 0 saturated carbocycles. The van der Waals surface area contributed by atoms with E-state index in [1.54, 1.807) is 0 Å². The van der Waals surface area contributed by atoms with E-state index in [0.29, 0.717) is 0 Å². The Morgan fingerprint density at radius 3 is 1.32 bits per heavy atom. The standard InChI is InChI=1S/C22H40/c1-3-5-7-9-11-13-15-17-19-21-22-20-18-16-14-12-10-8-6-4-2/h9,11,16-19H,3-8,10,12-15,20-22H2,1-2H3. The van der Waals surface area contributed by atoms with E-state index in [2.05, 4.69) is 50.3 Å². The van der Waals surface area contributed by atoms with E-state index in [9.17, 15) is 0 Å². The second-order valence-corrected chi connectivity index (χ2v) is 6.27. The fraction of sp³-hybridized carbons (Fsp3) is 0.727.